The van der Waals surface area contributed by atoms with E-state index in [0.717, 1.165) is 24.4 Å². The van der Waals surface area contributed by atoms with Crippen LogP contribution in [0, 0.1) is 10.1 Å². The summed E-state index contributed by atoms with van der Waals surface area (Å²) in [6, 6.07) is 8.09. The molecule has 0 saturated carbocycles. The molecule has 2 aromatic rings. The summed E-state index contributed by atoms with van der Waals surface area (Å²) in [7, 11) is 0. The number of carbonyl (C=O) groups excluding carboxylic acids is 1. The zero-order valence-corrected chi connectivity index (χ0v) is 15.4. The van der Waals surface area contributed by atoms with Crippen LogP contribution in [0.3, 0.4) is 0 Å². The van der Waals surface area contributed by atoms with Crippen molar-refractivity contribution in [2.45, 2.75) is 12.8 Å². The quantitative estimate of drug-likeness (QED) is 0.310. The predicted octanol–water partition coefficient (Wildman–Crippen LogP) is 3.28. The van der Waals surface area contributed by atoms with Crippen molar-refractivity contribution < 1.29 is 19.6 Å². The summed E-state index contributed by atoms with van der Waals surface area (Å²) in [5, 5.41) is 26.8. The largest absolute Gasteiger partial charge is 0.872 e. The van der Waals surface area contributed by atoms with Gasteiger partial charge in [-0.05, 0) is 30.2 Å². The van der Waals surface area contributed by atoms with Crippen molar-refractivity contribution in [1.29, 1.82) is 0 Å². The summed E-state index contributed by atoms with van der Waals surface area (Å²) < 4.78 is 5.45. The molecule has 0 atom stereocenters. The third kappa shape index (κ3) is 6.43. The normalized spacial score (nSPS) is 10.7. The van der Waals surface area contributed by atoms with Gasteiger partial charge in [0.2, 0.25) is 5.91 Å². The Morgan fingerprint density at radius 2 is 2.04 bits per heavy atom. The number of non-ortho nitro benzene ring substituents is 1. The van der Waals surface area contributed by atoms with Gasteiger partial charge in [0.05, 0.1) is 22.8 Å². The number of nitro benzene ring substituents is 1. The van der Waals surface area contributed by atoms with Gasteiger partial charge in [-0.25, -0.2) is 5.43 Å². The minimum Gasteiger partial charge on any atom is -0.872 e. The van der Waals surface area contributed by atoms with Crippen molar-refractivity contribution in [3.63, 3.8) is 0 Å². The van der Waals surface area contributed by atoms with Crippen LogP contribution in [-0.4, -0.2) is 23.7 Å². The van der Waals surface area contributed by atoms with E-state index in [1.165, 1.54) is 0 Å². The topological polar surface area (TPSA) is 117 Å². The molecular weight excluding hydrogens is 397 g/mol. The van der Waals surface area contributed by atoms with Crippen molar-refractivity contribution in [3.05, 3.63) is 62.1 Å². The highest BCUT2D eigenvalue weighted by Crippen LogP contribution is 2.27. The first-order valence-electron chi connectivity index (χ1n) is 7.72. The standard InChI is InChI=1S/C17H15Cl2N3O5/c18-12-3-6-16(14(19)9-12)27-7-1-2-17(24)21-20-10-11-8-13(22(25)26)4-5-15(11)23/h3-6,8-10,23H,1-2,7H2,(H,21,24)/p-1/b20-10-. The average molecular weight is 411 g/mol. The van der Waals surface area contributed by atoms with Gasteiger partial charge < -0.3 is 9.84 Å². The highest BCUT2D eigenvalue weighted by molar-refractivity contribution is 6.35. The minimum absolute atomic E-state index is 0.00483. The number of benzene rings is 2. The van der Waals surface area contributed by atoms with Crippen molar-refractivity contribution in [2.75, 3.05) is 6.61 Å². The highest BCUT2D eigenvalue weighted by atomic mass is 35.5. The van der Waals surface area contributed by atoms with E-state index in [4.69, 9.17) is 27.9 Å². The molecule has 1 amide bonds. The van der Waals surface area contributed by atoms with Crippen molar-refractivity contribution in [3.8, 4) is 11.5 Å². The lowest BCUT2D eigenvalue weighted by molar-refractivity contribution is -0.385. The molecular formula is C17H14Cl2N3O5-. The minimum atomic E-state index is -0.623. The lowest BCUT2D eigenvalue weighted by atomic mass is 10.2. The summed E-state index contributed by atoms with van der Waals surface area (Å²) in [4.78, 5) is 21.8. The molecule has 0 bridgehead atoms. The maximum absolute atomic E-state index is 11.7. The van der Waals surface area contributed by atoms with Gasteiger partial charge in [0.15, 0.2) is 0 Å². The number of carbonyl (C=O) groups is 1. The Bertz CT molecular complexity index is 874. The van der Waals surface area contributed by atoms with E-state index in [0.29, 0.717) is 22.2 Å². The van der Waals surface area contributed by atoms with Crippen LogP contribution in [0.5, 0.6) is 11.5 Å². The summed E-state index contributed by atoms with van der Waals surface area (Å²) >= 11 is 11.8. The second-order valence-corrected chi connectivity index (χ2v) is 6.14. The fourth-order valence-electron chi connectivity index (χ4n) is 1.99. The molecule has 0 fully saturated rings. The van der Waals surface area contributed by atoms with Crippen LogP contribution in [-0.2, 0) is 4.79 Å². The third-order valence-corrected chi connectivity index (χ3v) is 3.83. The first kappa shape index (κ1) is 20.5. The number of nitrogens with one attached hydrogen (secondary N) is 1. The van der Waals surface area contributed by atoms with Gasteiger partial charge in [-0.1, -0.05) is 35.0 Å². The Kier molecular flexibility index (Phi) is 7.39. The van der Waals surface area contributed by atoms with Crippen molar-refractivity contribution in [1.82, 2.24) is 5.43 Å². The average Bonchev–Trinajstić information content (AvgIpc) is 2.61. The van der Waals surface area contributed by atoms with Gasteiger partial charge in [0.25, 0.3) is 5.69 Å². The van der Waals surface area contributed by atoms with E-state index in [-0.39, 0.29) is 24.3 Å². The third-order valence-electron chi connectivity index (χ3n) is 3.30. The number of hydrogen-bond acceptors (Lipinski definition) is 6. The fraction of sp³-hybridized carbons (Fsp3) is 0.176. The molecule has 0 aliphatic heterocycles. The van der Waals surface area contributed by atoms with E-state index >= 15 is 0 Å². The van der Waals surface area contributed by atoms with Gasteiger partial charge in [-0.3, -0.25) is 14.9 Å². The monoisotopic (exact) mass is 410 g/mol. The number of hydrazone groups is 1. The second-order valence-electron chi connectivity index (χ2n) is 5.30. The molecule has 0 aromatic heterocycles. The maximum Gasteiger partial charge on any atom is 0.270 e. The number of nitro groups is 1. The number of ether oxygens (including phenoxy) is 1. The lowest BCUT2D eigenvalue weighted by Gasteiger charge is -2.09. The van der Waals surface area contributed by atoms with Crippen molar-refractivity contribution in [2.24, 2.45) is 5.10 Å². The fourth-order valence-corrected chi connectivity index (χ4v) is 2.45. The Morgan fingerprint density at radius 1 is 1.26 bits per heavy atom. The number of rotatable bonds is 8. The van der Waals surface area contributed by atoms with Crippen molar-refractivity contribution >= 4 is 41.0 Å². The molecule has 0 heterocycles. The van der Waals surface area contributed by atoms with Crippen LogP contribution in [0.4, 0.5) is 5.69 Å². The van der Waals surface area contributed by atoms with Gasteiger partial charge in [-0.2, -0.15) is 5.10 Å². The van der Waals surface area contributed by atoms with E-state index in [1.54, 1.807) is 18.2 Å². The number of halogens is 2. The van der Waals surface area contributed by atoms with E-state index in [9.17, 15) is 20.0 Å². The van der Waals surface area contributed by atoms with Crippen LogP contribution in [0.1, 0.15) is 18.4 Å². The molecule has 0 aliphatic rings. The zero-order chi connectivity index (χ0) is 19.8. The summed E-state index contributed by atoms with van der Waals surface area (Å²) in [5.74, 6) is -0.366. The molecule has 10 heteroatoms. The molecule has 1 N–H and O–H groups in total. The maximum atomic E-state index is 11.7. The predicted molar refractivity (Wildman–Crippen MR) is 99.5 cm³/mol. The van der Waals surface area contributed by atoms with Gasteiger partial charge in [0.1, 0.15) is 5.75 Å². The lowest BCUT2D eigenvalue weighted by Crippen LogP contribution is -2.18. The highest BCUT2D eigenvalue weighted by Gasteiger charge is 2.06. The van der Waals surface area contributed by atoms with E-state index < -0.39 is 16.6 Å². The Hall–Kier alpha value is -2.84. The molecule has 8 nitrogen and oxygen atoms in total. The molecule has 142 valence electrons. The van der Waals surface area contributed by atoms with Crippen LogP contribution in [0.25, 0.3) is 0 Å². The molecule has 0 aliphatic carbocycles. The van der Waals surface area contributed by atoms with Gasteiger partial charge in [-0.15, -0.1) is 0 Å². The van der Waals surface area contributed by atoms with E-state index in [1.807, 2.05) is 0 Å². The molecule has 2 rings (SSSR count). The smallest absolute Gasteiger partial charge is 0.270 e. The number of nitrogens with zero attached hydrogens (tertiary/aromatic N) is 2. The van der Waals surface area contributed by atoms with Crippen LogP contribution >= 0.6 is 23.2 Å². The van der Waals surface area contributed by atoms with Gasteiger partial charge >= 0.3 is 0 Å². The molecule has 0 spiro atoms. The Balaban J connectivity index is 1.77. The Morgan fingerprint density at radius 3 is 2.74 bits per heavy atom. The van der Waals surface area contributed by atoms with E-state index in [2.05, 4.69) is 10.5 Å². The number of amides is 1. The number of hydrogen-bond donors (Lipinski definition) is 1. The van der Waals surface area contributed by atoms with Gasteiger partial charge in [0, 0.05) is 23.6 Å². The second kappa shape index (κ2) is 9.75. The molecule has 0 unspecified atom stereocenters. The summed E-state index contributed by atoms with van der Waals surface area (Å²) in [6.45, 7) is 0.258. The SMILES string of the molecule is O=C(CCCOc1ccc(Cl)cc1Cl)N/N=C\c1cc([N+](=O)[O-])ccc1[O-]. The summed E-state index contributed by atoms with van der Waals surface area (Å²) in [5.41, 5.74) is 2.02. The zero-order valence-electron chi connectivity index (χ0n) is 13.9. The molecule has 27 heavy (non-hydrogen) atoms. The Labute approximate surface area is 164 Å². The van der Waals surface area contributed by atoms with Crippen LogP contribution in [0.2, 0.25) is 10.0 Å². The molecule has 0 saturated heterocycles. The first-order valence-corrected chi connectivity index (χ1v) is 8.47. The molecule has 0 radical (unpaired) electrons. The van der Waals surface area contributed by atoms with Crippen LogP contribution < -0.4 is 15.3 Å². The first-order chi connectivity index (χ1) is 12.9. The summed E-state index contributed by atoms with van der Waals surface area (Å²) in [6.07, 6.45) is 1.60. The molecule has 2 aromatic carbocycles. The van der Waals surface area contributed by atoms with Crippen LogP contribution in [0.15, 0.2) is 41.5 Å².